The molecule has 0 saturated carbocycles. The van der Waals surface area contributed by atoms with Crippen LogP contribution in [0.25, 0.3) is 0 Å². The molecule has 1 aromatic carbocycles. The Labute approximate surface area is 94.5 Å². The number of amides is 3. The standard InChI is InChI=1S/C12H14N2O2/c1-9-4-3-5-10(8-9)14-7-6-11(15)13(2)12(14)16/h3-5,8H,6-7H2,1-2H3. The third-order valence-electron chi connectivity index (χ3n) is 2.75. The van der Waals surface area contributed by atoms with Crippen LogP contribution in [0.1, 0.15) is 12.0 Å². The van der Waals surface area contributed by atoms with Crippen LogP contribution in [0.4, 0.5) is 10.5 Å². The van der Waals surface area contributed by atoms with E-state index in [2.05, 4.69) is 0 Å². The average molecular weight is 218 g/mol. The van der Waals surface area contributed by atoms with E-state index in [9.17, 15) is 9.59 Å². The first-order valence-corrected chi connectivity index (χ1v) is 5.24. The number of rotatable bonds is 1. The number of carbonyl (C=O) groups excluding carboxylic acids is 2. The molecule has 1 aliphatic rings. The smallest absolute Gasteiger partial charge is 0.293 e. The topological polar surface area (TPSA) is 40.6 Å². The summed E-state index contributed by atoms with van der Waals surface area (Å²) >= 11 is 0. The minimum atomic E-state index is -0.248. The third kappa shape index (κ3) is 1.78. The fourth-order valence-corrected chi connectivity index (χ4v) is 1.79. The Morgan fingerprint density at radius 3 is 2.69 bits per heavy atom. The molecule has 0 aromatic heterocycles. The van der Waals surface area contributed by atoms with Crippen LogP contribution < -0.4 is 4.90 Å². The van der Waals surface area contributed by atoms with Gasteiger partial charge in [0.15, 0.2) is 0 Å². The van der Waals surface area contributed by atoms with Gasteiger partial charge in [-0.05, 0) is 24.6 Å². The first-order valence-electron chi connectivity index (χ1n) is 5.24. The van der Waals surface area contributed by atoms with Gasteiger partial charge in [-0.25, -0.2) is 4.79 Å². The van der Waals surface area contributed by atoms with E-state index in [1.165, 1.54) is 11.9 Å². The summed E-state index contributed by atoms with van der Waals surface area (Å²) in [6.45, 7) is 2.44. The number of anilines is 1. The predicted molar refractivity (Wildman–Crippen MR) is 61.3 cm³/mol. The second kappa shape index (κ2) is 3.96. The number of hydrogen-bond donors (Lipinski definition) is 0. The van der Waals surface area contributed by atoms with Gasteiger partial charge in [0.1, 0.15) is 0 Å². The number of imide groups is 1. The van der Waals surface area contributed by atoms with Crippen molar-refractivity contribution in [2.75, 3.05) is 18.5 Å². The first-order chi connectivity index (χ1) is 7.59. The molecule has 0 radical (unpaired) electrons. The third-order valence-corrected chi connectivity index (χ3v) is 2.75. The monoisotopic (exact) mass is 218 g/mol. The van der Waals surface area contributed by atoms with Gasteiger partial charge in [0.05, 0.1) is 0 Å². The van der Waals surface area contributed by atoms with Crippen molar-refractivity contribution >= 4 is 17.6 Å². The van der Waals surface area contributed by atoms with Gasteiger partial charge in [-0.15, -0.1) is 0 Å². The predicted octanol–water partition coefficient (Wildman–Crippen LogP) is 1.78. The molecule has 3 amide bonds. The van der Waals surface area contributed by atoms with Crippen molar-refractivity contribution in [2.24, 2.45) is 0 Å². The maximum absolute atomic E-state index is 11.9. The van der Waals surface area contributed by atoms with Crippen LogP contribution in [0.15, 0.2) is 24.3 Å². The Morgan fingerprint density at radius 1 is 1.25 bits per heavy atom. The Morgan fingerprint density at radius 2 is 2.00 bits per heavy atom. The Bertz CT molecular complexity index is 442. The van der Waals surface area contributed by atoms with Crippen molar-refractivity contribution in [3.63, 3.8) is 0 Å². The summed E-state index contributed by atoms with van der Waals surface area (Å²) in [5.74, 6) is -0.117. The number of hydrogen-bond acceptors (Lipinski definition) is 2. The van der Waals surface area contributed by atoms with Gasteiger partial charge in [-0.3, -0.25) is 14.6 Å². The van der Waals surface area contributed by atoms with Crippen LogP contribution in [-0.4, -0.2) is 30.4 Å². The summed E-state index contributed by atoms with van der Waals surface area (Å²) in [6.07, 6.45) is 0.385. The number of urea groups is 1. The Kier molecular flexibility index (Phi) is 2.64. The number of aryl methyl sites for hydroxylation is 1. The first kappa shape index (κ1) is 10.7. The van der Waals surface area contributed by atoms with Crippen molar-refractivity contribution in [3.05, 3.63) is 29.8 Å². The minimum absolute atomic E-state index is 0.117. The lowest BCUT2D eigenvalue weighted by molar-refractivity contribution is -0.127. The van der Waals surface area contributed by atoms with E-state index in [1.54, 1.807) is 4.90 Å². The Balaban J connectivity index is 2.28. The van der Waals surface area contributed by atoms with Gasteiger partial charge in [-0.1, -0.05) is 12.1 Å². The SMILES string of the molecule is Cc1cccc(N2CCC(=O)N(C)C2=O)c1. The van der Waals surface area contributed by atoms with Gasteiger partial charge in [0, 0.05) is 25.7 Å². The quantitative estimate of drug-likeness (QED) is 0.721. The summed E-state index contributed by atoms with van der Waals surface area (Å²) in [4.78, 5) is 26.0. The van der Waals surface area contributed by atoms with Gasteiger partial charge in [0.25, 0.3) is 0 Å². The van der Waals surface area contributed by atoms with Gasteiger partial charge >= 0.3 is 6.03 Å². The highest BCUT2D eigenvalue weighted by molar-refractivity contribution is 6.05. The molecule has 0 bridgehead atoms. The van der Waals surface area contributed by atoms with Gasteiger partial charge < -0.3 is 0 Å². The molecule has 0 atom stereocenters. The number of benzene rings is 1. The van der Waals surface area contributed by atoms with Gasteiger partial charge in [0.2, 0.25) is 5.91 Å². The second-order valence-corrected chi connectivity index (χ2v) is 3.98. The van der Waals surface area contributed by atoms with Crippen LogP contribution in [0.3, 0.4) is 0 Å². The fourth-order valence-electron chi connectivity index (χ4n) is 1.79. The average Bonchev–Trinajstić information content (AvgIpc) is 2.26. The molecule has 1 heterocycles. The van der Waals surface area contributed by atoms with Crippen LogP contribution in [0.2, 0.25) is 0 Å². The van der Waals surface area contributed by atoms with E-state index in [0.717, 1.165) is 11.3 Å². The maximum atomic E-state index is 11.9. The Hall–Kier alpha value is -1.84. The van der Waals surface area contributed by atoms with E-state index in [-0.39, 0.29) is 11.9 Å². The van der Waals surface area contributed by atoms with Crippen molar-refractivity contribution in [3.8, 4) is 0 Å². The van der Waals surface area contributed by atoms with Crippen molar-refractivity contribution in [2.45, 2.75) is 13.3 Å². The molecule has 16 heavy (non-hydrogen) atoms. The molecule has 0 unspecified atom stereocenters. The zero-order valence-corrected chi connectivity index (χ0v) is 9.43. The van der Waals surface area contributed by atoms with Crippen molar-refractivity contribution in [1.82, 2.24) is 4.90 Å². The van der Waals surface area contributed by atoms with E-state index in [0.29, 0.717) is 13.0 Å². The zero-order valence-electron chi connectivity index (χ0n) is 9.43. The van der Waals surface area contributed by atoms with Crippen molar-refractivity contribution < 1.29 is 9.59 Å². The normalized spacial score (nSPS) is 16.9. The molecule has 84 valence electrons. The lowest BCUT2D eigenvalue weighted by Crippen LogP contribution is -2.50. The largest absolute Gasteiger partial charge is 0.330 e. The van der Waals surface area contributed by atoms with Crippen LogP contribution in [-0.2, 0) is 4.79 Å². The van der Waals surface area contributed by atoms with Crippen LogP contribution in [0.5, 0.6) is 0 Å². The molecule has 0 spiro atoms. The maximum Gasteiger partial charge on any atom is 0.330 e. The number of nitrogens with zero attached hydrogens (tertiary/aromatic N) is 2. The van der Waals surface area contributed by atoms with Gasteiger partial charge in [-0.2, -0.15) is 0 Å². The van der Waals surface area contributed by atoms with E-state index < -0.39 is 0 Å². The molecule has 4 nitrogen and oxygen atoms in total. The molecular weight excluding hydrogens is 204 g/mol. The fraction of sp³-hybridized carbons (Fsp3) is 0.333. The van der Waals surface area contributed by atoms with E-state index >= 15 is 0 Å². The van der Waals surface area contributed by atoms with E-state index in [4.69, 9.17) is 0 Å². The molecule has 2 rings (SSSR count). The minimum Gasteiger partial charge on any atom is -0.293 e. The lowest BCUT2D eigenvalue weighted by Gasteiger charge is -2.32. The summed E-state index contributed by atoms with van der Waals surface area (Å²) in [6, 6.07) is 7.47. The molecule has 1 aromatic rings. The molecule has 4 heteroatoms. The summed E-state index contributed by atoms with van der Waals surface area (Å²) in [5, 5.41) is 0. The summed E-state index contributed by atoms with van der Waals surface area (Å²) in [7, 11) is 1.52. The van der Waals surface area contributed by atoms with Crippen LogP contribution in [0, 0.1) is 6.92 Å². The highest BCUT2D eigenvalue weighted by atomic mass is 16.2. The highest BCUT2D eigenvalue weighted by Gasteiger charge is 2.29. The van der Waals surface area contributed by atoms with Crippen molar-refractivity contribution in [1.29, 1.82) is 0 Å². The second-order valence-electron chi connectivity index (χ2n) is 3.98. The molecule has 1 aliphatic heterocycles. The molecule has 0 N–H and O–H groups in total. The highest BCUT2D eigenvalue weighted by Crippen LogP contribution is 2.20. The molecule has 0 aliphatic carbocycles. The lowest BCUT2D eigenvalue weighted by atomic mass is 10.2. The number of carbonyl (C=O) groups is 2. The zero-order chi connectivity index (χ0) is 11.7. The molecular formula is C12H14N2O2. The summed E-state index contributed by atoms with van der Waals surface area (Å²) in [5.41, 5.74) is 1.95. The van der Waals surface area contributed by atoms with Crippen LogP contribution >= 0.6 is 0 Å². The van der Waals surface area contributed by atoms with E-state index in [1.807, 2.05) is 31.2 Å². The molecule has 1 fully saturated rings. The molecule has 1 saturated heterocycles. The summed E-state index contributed by atoms with van der Waals surface area (Å²) < 4.78 is 0.